The molecule has 0 aromatic heterocycles. The Kier molecular flexibility index (Phi) is 3.52. The predicted octanol–water partition coefficient (Wildman–Crippen LogP) is 3.12. The van der Waals surface area contributed by atoms with Gasteiger partial charge in [-0.1, -0.05) is 20.3 Å². The molecule has 0 aromatic carbocycles. The minimum Gasteiger partial charge on any atom is -0.396 e. The van der Waals surface area contributed by atoms with Crippen LogP contribution >= 0.6 is 0 Å². The summed E-state index contributed by atoms with van der Waals surface area (Å²) in [5.74, 6) is 1.61. The normalized spacial score (nSPS) is 58.6. The molecular formula is C20H34O3. The summed E-state index contributed by atoms with van der Waals surface area (Å²) < 4.78 is 0. The molecule has 1 spiro atoms. The number of rotatable bonds is 2. The van der Waals surface area contributed by atoms with Crippen LogP contribution in [0.2, 0.25) is 0 Å². The lowest BCUT2D eigenvalue weighted by Gasteiger charge is -2.65. The summed E-state index contributed by atoms with van der Waals surface area (Å²) in [7, 11) is 0. The molecule has 0 radical (unpaired) electrons. The summed E-state index contributed by atoms with van der Waals surface area (Å²) in [6, 6.07) is 0. The van der Waals surface area contributed by atoms with Crippen molar-refractivity contribution in [1.29, 1.82) is 0 Å². The van der Waals surface area contributed by atoms with Gasteiger partial charge in [0.15, 0.2) is 0 Å². The highest BCUT2D eigenvalue weighted by Crippen LogP contribution is 2.75. The Balaban J connectivity index is 1.74. The van der Waals surface area contributed by atoms with Crippen molar-refractivity contribution in [2.24, 2.45) is 34.0 Å². The maximum Gasteiger partial charge on any atom is 0.0905 e. The topological polar surface area (TPSA) is 60.7 Å². The SMILES string of the molecule is C[C@@]1(CO)CCC[C@@]2(C)[C@H]1CC[C@H]1C[C@@H]3CC12CC[C@]3(O)CO. The standard InChI is InChI=1S/C20H34O3/c1-17(12-21)6-3-7-18(2)16(17)5-4-14-10-15-11-19(14,18)8-9-20(15,23)13-22/h14-16,21-23H,3-13H2,1-2H3/t14-,15+,16-,17-,18-,19?,20-/m0/s1. The summed E-state index contributed by atoms with van der Waals surface area (Å²) in [4.78, 5) is 0. The second-order valence-electron chi connectivity index (χ2n) is 9.96. The first-order valence-electron chi connectivity index (χ1n) is 9.78. The lowest BCUT2D eigenvalue weighted by Crippen LogP contribution is -2.60. The van der Waals surface area contributed by atoms with E-state index in [9.17, 15) is 15.3 Å². The van der Waals surface area contributed by atoms with Crippen molar-refractivity contribution >= 4 is 0 Å². The third kappa shape index (κ3) is 1.88. The van der Waals surface area contributed by atoms with E-state index in [0.29, 0.717) is 23.4 Å². The fourth-order valence-corrected chi connectivity index (χ4v) is 8.00. The molecule has 4 aliphatic carbocycles. The van der Waals surface area contributed by atoms with Gasteiger partial charge in [0.05, 0.1) is 12.2 Å². The molecule has 0 aliphatic heterocycles. The zero-order chi connectivity index (χ0) is 16.5. The Morgan fingerprint density at radius 2 is 1.70 bits per heavy atom. The van der Waals surface area contributed by atoms with Crippen LogP contribution in [0.15, 0.2) is 0 Å². The molecule has 132 valence electrons. The van der Waals surface area contributed by atoms with Crippen molar-refractivity contribution in [2.45, 2.75) is 77.2 Å². The lowest BCUT2D eigenvalue weighted by atomic mass is 9.39. The molecule has 2 bridgehead atoms. The van der Waals surface area contributed by atoms with Gasteiger partial charge in [0, 0.05) is 6.61 Å². The van der Waals surface area contributed by atoms with Crippen molar-refractivity contribution in [2.75, 3.05) is 13.2 Å². The minimum absolute atomic E-state index is 0.0744. The number of hydrogen-bond donors (Lipinski definition) is 3. The number of aliphatic hydroxyl groups excluding tert-OH is 2. The van der Waals surface area contributed by atoms with Crippen LogP contribution in [0.5, 0.6) is 0 Å². The first kappa shape index (κ1) is 16.4. The largest absolute Gasteiger partial charge is 0.396 e. The van der Waals surface area contributed by atoms with Crippen LogP contribution in [0.25, 0.3) is 0 Å². The summed E-state index contributed by atoms with van der Waals surface area (Å²) in [5, 5.41) is 30.7. The van der Waals surface area contributed by atoms with Crippen LogP contribution in [0.4, 0.5) is 0 Å². The van der Waals surface area contributed by atoms with Gasteiger partial charge in [0.1, 0.15) is 0 Å². The molecule has 3 heteroatoms. The second-order valence-corrected chi connectivity index (χ2v) is 9.96. The highest BCUT2D eigenvalue weighted by molar-refractivity contribution is 5.18. The quantitative estimate of drug-likeness (QED) is 0.732. The number of aliphatic hydroxyl groups is 3. The molecule has 3 nitrogen and oxygen atoms in total. The third-order valence-corrected chi connectivity index (χ3v) is 9.36. The maximum atomic E-state index is 10.8. The molecule has 23 heavy (non-hydrogen) atoms. The molecule has 0 amide bonds. The van der Waals surface area contributed by atoms with Gasteiger partial charge >= 0.3 is 0 Å². The summed E-state index contributed by atoms with van der Waals surface area (Å²) in [6.07, 6.45) is 10.2. The lowest BCUT2D eigenvalue weighted by molar-refractivity contribution is -0.187. The van der Waals surface area contributed by atoms with E-state index < -0.39 is 5.60 Å². The molecule has 4 aliphatic rings. The van der Waals surface area contributed by atoms with Gasteiger partial charge in [0.25, 0.3) is 0 Å². The average Bonchev–Trinajstić information content (AvgIpc) is 2.89. The molecule has 0 heterocycles. The summed E-state index contributed by atoms with van der Waals surface area (Å²) in [5.41, 5.74) is -0.102. The van der Waals surface area contributed by atoms with Gasteiger partial charge in [-0.3, -0.25) is 0 Å². The Morgan fingerprint density at radius 1 is 0.913 bits per heavy atom. The van der Waals surface area contributed by atoms with Crippen LogP contribution in [0.1, 0.15) is 71.6 Å². The van der Waals surface area contributed by atoms with Gasteiger partial charge in [-0.05, 0) is 85.4 Å². The highest BCUT2D eigenvalue weighted by Gasteiger charge is 2.69. The van der Waals surface area contributed by atoms with Crippen LogP contribution in [0, 0.1) is 34.0 Å². The molecule has 7 atom stereocenters. The second kappa shape index (κ2) is 4.95. The van der Waals surface area contributed by atoms with Crippen molar-refractivity contribution in [3.05, 3.63) is 0 Å². The molecule has 4 saturated carbocycles. The predicted molar refractivity (Wildman–Crippen MR) is 89.8 cm³/mol. The van der Waals surface area contributed by atoms with E-state index in [0.717, 1.165) is 38.0 Å². The van der Waals surface area contributed by atoms with Gasteiger partial charge in [-0.15, -0.1) is 0 Å². The van der Waals surface area contributed by atoms with E-state index >= 15 is 0 Å². The van der Waals surface area contributed by atoms with Gasteiger partial charge < -0.3 is 15.3 Å². The van der Waals surface area contributed by atoms with Crippen molar-refractivity contribution < 1.29 is 15.3 Å². The zero-order valence-corrected chi connectivity index (χ0v) is 14.9. The van der Waals surface area contributed by atoms with E-state index in [1.165, 1.54) is 25.7 Å². The number of fused-ring (bicyclic) bond motifs is 2. The first-order valence-corrected chi connectivity index (χ1v) is 9.78. The third-order valence-electron chi connectivity index (χ3n) is 9.36. The molecule has 3 N–H and O–H groups in total. The molecule has 0 aromatic rings. The van der Waals surface area contributed by atoms with Gasteiger partial charge in [0.2, 0.25) is 0 Å². The van der Waals surface area contributed by atoms with Gasteiger partial charge in [-0.25, -0.2) is 0 Å². The molecule has 1 unspecified atom stereocenters. The smallest absolute Gasteiger partial charge is 0.0905 e. The number of hydrogen-bond acceptors (Lipinski definition) is 3. The molecule has 0 saturated heterocycles. The molecule has 4 fully saturated rings. The molecule has 4 rings (SSSR count). The van der Waals surface area contributed by atoms with Crippen LogP contribution < -0.4 is 0 Å². The summed E-state index contributed by atoms with van der Waals surface area (Å²) in [6.45, 7) is 5.07. The van der Waals surface area contributed by atoms with Crippen molar-refractivity contribution in [3.63, 3.8) is 0 Å². The molecular weight excluding hydrogens is 288 g/mol. The van der Waals surface area contributed by atoms with E-state index in [2.05, 4.69) is 13.8 Å². The zero-order valence-electron chi connectivity index (χ0n) is 14.9. The fraction of sp³-hybridized carbons (Fsp3) is 1.00. The highest BCUT2D eigenvalue weighted by atomic mass is 16.3. The van der Waals surface area contributed by atoms with Crippen LogP contribution in [-0.4, -0.2) is 34.1 Å². The van der Waals surface area contributed by atoms with Crippen molar-refractivity contribution in [1.82, 2.24) is 0 Å². The Labute approximate surface area is 140 Å². The van der Waals surface area contributed by atoms with Crippen LogP contribution in [0.3, 0.4) is 0 Å². The first-order chi connectivity index (χ1) is 10.8. The van der Waals surface area contributed by atoms with E-state index in [4.69, 9.17) is 0 Å². The van der Waals surface area contributed by atoms with E-state index in [-0.39, 0.29) is 17.9 Å². The minimum atomic E-state index is -0.830. The van der Waals surface area contributed by atoms with Crippen LogP contribution in [-0.2, 0) is 0 Å². The van der Waals surface area contributed by atoms with Crippen molar-refractivity contribution in [3.8, 4) is 0 Å². The van der Waals surface area contributed by atoms with E-state index in [1.54, 1.807) is 0 Å². The van der Waals surface area contributed by atoms with E-state index in [1.807, 2.05) is 0 Å². The summed E-state index contributed by atoms with van der Waals surface area (Å²) >= 11 is 0. The monoisotopic (exact) mass is 322 g/mol. The maximum absolute atomic E-state index is 10.8. The Bertz CT molecular complexity index is 493. The fourth-order valence-electron chi connectivity index (χ4n) is 8.00. The average molecular weight is 322 g/mol. The van der Waals surface area contributed by atoms with Gasteiger partial charge in [-0.2, -0.15) is 0 Å². The Morgan fingerprint density at radius 3 is 2.39 bits per heavy atom. The Hall–Kier alpha value is -0.120.